The molecule has 38 heavy (non-hydrogen) atoms. The highest BCUT2D eigenvalue weighted by molar-refractivity contribution is 7.14. The topological polar surface area (TPSA) is 124 Å². The number of ether oxygens (including phenoxy) is 2. The van der Waals surface area contributed by atoms with E-state index in [0.717, 1.165) is 24.5 Å². The second-order valence-electron chi connectivity index (χ2n) is 7.83. The standard InChI is InChI=1S/C25H17F4N5O3S/c1-12-9-15(19-17(36-2)8-7-16(21(19)26)25(27,28)29)20(23(31)35)22(32-12)24-34-33-18(38-24)11-37-14-5-3-13(10-30)4-6-14/h3-9H,11H2,1-2H3,(H2,31,35). The third kappa shape index (κ3) is 5.25. The van der Waals surface area contributed by atoms with Crippen LogP contribution in [0.3, 0.4) is 0 Å². The summed E-state index contributed by atoms with van der Waals surface area (Å²) in [4.78, 5) is 16.9. The molecule has 194 valence electrons. The van der Waals surface area contributed by atoms with Crippen LogP contribution < -0.4 is 15.2 Å². The van der Waals surface area contributed by atoms with Gasteiger partial charge in [0.2, 0.25) is 0 Å². The highest BCUT2D eigenvalue weighted by Crippen LogP contribution is 2.43. The van der Waals surface area contributed by atoms with Crippen LogP contribution in [0.4, 0.5) is 17.6 Å². The number of carbonyl (C=O) groups is 1. The summed E-state index contributed by atoms with van der Waals surface area (Å²) >= 11 is 1.00. The quantitative estimate of drug-likeness (QED) is 0.314. The van der Waals surface area contributed by atoms with E-state index >= 15 is 4.39 Å². The van der Waals surface area contributed by atoms with Gasteiger partial charge in [-0.25, -0.2) is 9.37 Å². The molecule has 0 aliphatic rings. The molecule has 2 heterocycles. The number of pyridine rings is 1. The van der Waals surface area contributed by atoms with Crippen molar-refractivity contribution in [3.05, 3.63) is 75.7 Å². The van der Waals surface area contributed by atoms with Gasteiger partial charge in [0.15, 0.2) is 10.0 Å². The molecule has 2 aromatic carbocycles. The molecule has 2 N–H and O–H groups in total. The van der Waals surface area contributed by atoms with Crippen LogP contribution in [0.1, 0.15) is 32.2 Å². The minimum Gasteiger partial charge on any atom is -0.496 e. The first-order valence-corrected chi connectivity index (χ1v) is 11.6. The van der Waals surface area contributed by atoms with Gasteiger partial charge < -0.3 is 15.2 Å². The summed E-state index contributed by atoms with van der Waals surface area (Å²) in [7, 11) is 1.16. The van der Waals surface area contributed by atoms with Crippen molar-refractivity contribution in [3.8, 4) is 39.4 Å². The number of primary amides is 1. The number of benzene rings is 2. The van der Waals surface area contributed by atoms with Gasteiger partial charge >= 0.3 is 6.18 Å². The Kier molecular flexibility index (Phi) is 7.27. The first-order chi connectivity index (χ1) is 18.0. The number of nitrogens with two attached hydrogens (primary N) is 1. The minimum atomic E-state index is -4.99. The summed E-state index contributed by atoms with van der Waals surface area (Å²) in [5, 5.41) is 17.5. The van der Waals surface area contributed by atoms with Crippen LogP contribution in [0.25, 0.3) is 21.8 Å². The average Bonchev–Trinajstić information content (AvgIpc) is 3.35. The van der Waals surface area contributed by atoms with Crippen LogP contribution in [0.5, 0.6) is 11.5 Å². The number of nitrogens with zero attached hydrogens (tertiary/aromatic N) is 4. The zero-order chi connectivity index (χ0) is 27.6. The van der Waals surface area contributed by atoms with E-state index in [1.807, 2.05) is 6.07 Å². The zero-order valence-electron chi connectivity index (χ0n) is 19.8. The summed E-state index contributed by atoms with van der Waals surface area (Å²) in [5.74, 6) is -2.44. The smallest absolute Gasteiger partial charge is 0.419 e. The lowest BCUT2D eigenvalue weighted by Crippen LogP contribution is -2.17. The van der Waals surface area contributed by atoms with E-state index in [0.29, 0.717) is 22.4 Å². The fourth-order valence-corrected chi connectivity index (χ4v) is 4.40. The molecule has 0 unspecified atom stereocenters. The summed E-state index contributed by atoms with van der Waals surface area (Å²) in [6.45, 7) is 1.51. The van der Waals surface area contributed by atoms with Crippen molar-refractivity contribution in [1.82, 2.24) is 15.2 Å². The average molecular weight is 544 g/mol. The van der Waals surface area contributed by atoms with Gasteiger partial charge in [-0.2, -0.15) is 18.4 Å². The van der Waals surface area contributed by atoms with E-state index in [1.54, 1.807) is 24.3 Å². The Morgan fingerprint density at radius 2 is 1.87 bits per heavy atom. The van der Waals surface area contributed by atoms with Crippen molar-refractivity contribution < 1.29 is 31.8 Å². The second-order valence-corrected chi connectivity index (χ2v) is 8.89. The first kappa shape index (κ1) is 26.5. The van der Waals surface area contributed by atoms with Crippen molar-refractivity contribution in [1.29, 1.82) is 5.26 Å². The van der Waals surface area contributed by atoms with Crippen molar-refractivity contribution in [2.75, 3.05) is 7.11 Å². The lowest BCUT2D eigenvalue weighted by molar-refractivity contribution is -0.139. The van der Waals surface area contributed by atoms with E-state index in [9.17, 15) is 18.0 Å². The molecular weight excluding hydrogens is 526 g/mol. The molecule has 0 aliphatic carbocycles. The predicted octanol–water partition coefficient (Wildman–Crippen LogP) is 5.29. The first-order valence-electron chi connectivity index (χ1n) is 10.7. The van der Waals surface area contributed by atoms with Crippen molar-refractivity contribution in [2.24, 2.45) is 5.73 Å². The van der Waals surface area contributed by atoms with Crippen LogP contribution in [0, 0.1) is 24.1 Å². The second kappa shape index (κ2) is 10.4. The van der Waals surface area contributed by atoms with Gasteiger partial charge in [-0.15, -0.1) is 10.2 Å². The van der Waals surface area contributed by atoms with E-state index in [1.165, 1.54) is 13.0 Å². The molecule has 0 fully saturated rings. The van der Waals surface area contributed by atoms with Gasteiger partial charge in [-0.05, 0) is 49.4 Å². The number of hydrogen-bond donors (Lipinski definition) is 1. The third-order valence-corrected chi connectivity index (χ3v) is 6.21. The summed E-state index contributed by atoms with van der Waals surface area (Å²) in [6.07, 6.45) is -4.99. The Morgan fingerprint density at radius 1 is 1.16 bits per heavy atom. The summed E-state index contributed by atoms with van der Waals surface area (Å²) in [5.41, 5.74) is 3.57. The molecule has 1 amide bonds. The van der Waals surface area contributed by atoms with Gasteiger partial charge in [-0.1, -0.05) is 11.3 Å². The number of alkyl halides is 3. The lowest BCUT2D eigenvalue weighted by atomic mass is 9.94. The molecular formula is C25H17F4N5O3S. The van der Waals surface area contributed by atoms with Gasteiger partial charge in [0.05, 0.1) is 35.4 Å². The number of methoxy groups -OCH3 is 1. The van der Waals surface area contributed by atoms with Crippen LogP contribution in [0.2, 0.25) is 0 Å². The zero-order valence-corrected chi connectivity index (χ0v) is 20.6. The number of nitriles is 1. The third-order valence-electron chi connectivity index (χ3n) is 5.31. The fourth-order valence-electron chi connectivity index (χ4n) is 3.65. The van der Waals surface area contributed by atoms with Crippen LogP contribution >= 0.6 is 11.3 Å². The molecule has 0 bridgehead atoms. The normalized spacial score (nSPS) is 11.2. The van der Waals surface area contributed by atoms with Crippen LogP contribution in [0.15, 0.2) is 42.5 Å². The number of hydrogen-bond acceptors (Lipinski definition) is 8. The molecule has 0 radical (unpaired) electrons. The Bertz CT molecular complexity index is 1560. The Labute approximate surface area is 217 Å². The van der Waals surface area contributed by atoms with E-state index in [2.05, 4.69) is 15.2 Å². The molecule has 0 aliphatic heterocycles. The predicted molar refractivity (Wildman–Crippen MR) is 129 cm³/mol. The maximum Gasteiger partial charge on any atom is 0.419 e. The minimum absolute atomic E-state index is 0.00970. The summed E-state index contributed by atoms with van der Waals surface area (Å²) in [6, 6.07) is 11.2. The Hall–Kier alpha value is -4.57. The number of amides is 1. The van der Waals surface area contributed by atoms with E-state index in [4.69, 9.17) is 20.5 Å². The molecule has 0 atom stereocenters. The molecule has 2 aromatic heterocycles. The lowest BCUT2D eigenvalue weighted by Gasteiger charge is -2.18. The number of rotatable bonds is 7. The molecule has 4 rings (SSSR count). The van der Waals surface area contributed by atoms with Crippen LogP contribution in [-0.4, -0.2) is 28.2 Å². The molecule has 0 saturated heterocycles. The van der Waals surface area contributed by atoms with Gasteiger partial charge in [0, 0.05) is 11.3 Å². The molecule has 4 aromatic rings. The molecule has 0 spiro atoms. The SMILES string of the molecule is COc1ccc(C(F)(F)F)c(F)c1-c1cc(C)nc(-c2nnc(COc3ccc(C#N)cc3)s2)c1C(N)=O. The Morgan fingerprint density at radius 3 is 2.47 bits per heavy atom. The van der Waals surface area contributed by atoms with E-state index in [-0.39, 0.29) is 39.9 Å². The van der Waals surface area contributed by atoms with Gasteiger partial charge in [0.1, 0.15) is 29.6 Å². The molecule has 13 heteroatoms. The Balaban J connectivity index is 1.79. The number of halogens is 4. The van der Waals surface area contributed by atoms with E-state index < -0.39 is 29.0 Å². The number of aryl methyl sites for hydroxylation is 1. The highest BCUT2D eigenvalue weighted by Gasteiger charge is 2.37. The van der Waals surface area contributed by atoms with Gasteiger partial charge in [-0.3, -0.25) is 4.79 Å². The monoisotopic (exact) mass is 543 g/mol. The molecule has 0 saturated carbocycles. The molecule has 8 nitrogen and oxygen atoms in total. The fraction of sp³-hybridized carbons (Fsp3) is 0.160. The number of carbonyl (C=O) groups excluding carboxylic acids is 1. The maximum absolute atomic E-state index is 15.3. The van der Waals surface area contributed by atoms with Crippen LogP contribution in [-0.2, 0) is 12.8 Å². The largest absolute Gasteiger partial charge is 0.496 e. The van der Waals surface area contributed by atoms with Gasteiger partial charge in [0.25, 0.3) is 5.91 Å². The highest BCUT2D eigenvalue weighted by atomic mass is 32.1. The number of aromatic nitrogens is 3. The maximum atomic E-state index is 15.3. The van der Waals surface area contributed by atoms with Crippen molar-refractivity contribution in [3.63, 3.8) is 0 Å². The van der Waals surface area contributed by atoms with Crippen molar-refractivity contribution >= 4 is 17.2 Å². The van der Waals surface area contributed by atoms with Crippen molar-refractivity contribution in [2.45, 2.75) is 19.7 Å². The summed E-state index contributed by atoms with van der Waals surface area (Å²) < 4.78 is 66.5.